The fourth-order valence-electron chi connectivity index (χ4n) is 9.74. The first-order chi connectivity index (χ1) is 16.3. The Hall–Kier alpha value is -1.57. The second-order valence-corrected chi connectivity index (χ2v) is 13.4. The zero-order valence-electron chi connectivity index (χ0n) is 21.2. The zero-order chi connectivity index (χ0) is 24.9. The van der Waals surface area contributed by atoms with Crippen LogP contribution < -0.4 is 0 Å². The Kier molecular flexibility index (Phi) is 4.06. The van der Waals surface area contributed by atoms with Gasteiger partial charge < -0.3 is 19.3 Å². The number of allylic oxidation sites excluding steroid dienone is 1. The zero-order valence-corrected chi connectivity index (χ0v) is 21.2. The van der Waals surface area contributed by atoms with Crippen LogP contribution in [-0.4, -0.2) is 57.8 Å². The molecule has 35 heavy (non-hydrogen) atoms. The maximum atomic E-state index is 14.1. The van der Waals surface area contributed by atoms with Gasteiger partial charge >= 0.3 is 5.97 Å². The van der Waals surface area contributed by atoms with Gasteiger partial charge in [-0.05, 0) is 75.7 Å². The standard InChI is InChI=1S/C28H36O7/c1-13(17-12-24(2)27(5,35-24)23(31)33-17)14-8-9-15-20-16(11-19(30)25(14,15)3)26(4)18(29)7-6-10-28(26,32)22-21(20)34-22/h6-7,13-17,20-22,32H,8-12H2,1-5H3/t13-,14?,15?,16?,17+,20?,21-,22-,24-,25+,26-,27+,28-/m0/s1. The van der Waals surface area contributed by atoms with Gasteiger partial charge in [0.2, 0.25) is 0 Å². The summed E-state index contributed by atoms with van der Waals surface area (Å²) < 4.78 is 17.9. The molecular formula is C28H36O7. The van der Waals surface area contributed by atoms with Gasteiger partial charge in [-0.1, -0.05) is 19.9 Å². The number of carbonyl (C=O) groups is 3. The fourth-order valence-corrected chi connectivity index (χ4v) is 9.74. The quantitative estimate of drug-likeness (QED) is 0.475. The molecule has 4 aliphatic carbocycles. The van der Waals surface area contributed by atoms with E-state index in [-0.39, 0.29) is 71.9 Å². The topological polar surface area (TPSA) is 106 Å². The van der Waals surface area contributed by atoms with Crippen molar-refractivity contribution in [2.45, 2.75) is 102 Å². The van der Waals surface area contributed by atoms with Crippen molar-refractivity contribution >= 4 is 17.5 Å². The molecule has 0 amide bonds. The molecule has 7 nitrogen and oxygen atoms in total. The normalized spacial score (nSPS) is 60.5. The fraction of sp³-hybridized carbons (Fsp3) is 0.821. The third-order valence-corrected chi connectivity index (χ3v) is 12.3. The van der Waals surface area contributed by atoms with Gasteiger partial charge in [0, 0.05) is 18.3 Å². The monoisotopic (exact) mass is 484 g/mol. The second-order valence-electron chi connectivity index (χ2n) is 13.4. The SMILES string of the molecule is C[C@@H](C1CCC2C3C(CC(=O)[C@@]21C)[C@@]1(C)C(=O)C=CC[C@]1(O)[C@H]1O[C@@H]31)[C@H]1C[C@]2(C)O[C@]2(C)C(=O)O1. The van der Waals surface area contributed by atoms with Crippen molar-refractivity contribution in [2.75, 3.05) is 0 Å². The predicted molar refractivity (Wildman–Crippen MR) is 123 cm³/mol. The highest BCUT2D eigenvalue weighted by molar-refractivity contribution is 5.98. The molecule has 3 saturated carbocycles. The molecule has 0 radical (unpaired) electrons. The Morgan fingerprint density at radius 3 is 2.54 bits per heavy atom. The van der Waals surface area contributed by atoms with Crippen LogP contribution in [0.3, 0.4) is 0 Å². The Labute approximate surface area is 205 Å². The van der Waals surface area contributed by atoms with Crippen molar-refractivity contribution in [1.29, 1.82) is 0 Å². The smallest absolute Gasteiger partial charge is 0.341 e. The Morgan fingerprint density at radius 1 is 1.09 bits per heavy atom. The van der Waals surface area contributed by atoms with E-state index in [1.54, 1.807) is 19.1 Å². The van der Waals surface area contributed by atoms with E-state index in [1.807, 2.05) is 13.8 Å². The van der Waals surface area contributed by atoms with E-state index in [4.69, 9.17) is 14.2 Å². The van der Waals surface area contributed by atoms with Crippen LogP contribution >= 0.6 is 0 Å². The first kappa shape index (κ1) is 22.6. The van der Waals surface area contributed by atoms with Crippen LogP contribution in [-0.2, 0) is 28.6 Å². The van der Waals surface area contributed by atoms with Crippen molar-refractivity contribution in [3.63, 3.8) is 0 Å². The molecule has 13 atom stereocenters. The first-order valence-electron chi connectivity index (χ1n) is 13.4. The number of rotatable bonds is 2. The minimum absolute atomic E-state index is 0.0197. The Bertz CT molecular complexity index is 1100. The van der Waals surface area contributed by atoms with Crippen LogP contribution in [0.4, 0.5) is 0 Å². The number of ketones is 2. The second kappa shape index (κ2) is 6.28. The van der Waals surface area contributed by atoms with Crippen molar-refractivity contribution in [2.24, 2.45) is 40.4 Å². The average Bonchev–Trinajstić information content (AvgIpc) is 3.66. The van der Waals surface area contributed by atoms with Crippen LogP contribution in [0.2, 0.25) is 0 Å². The molecule has 7 aliphatic rings. The molecule has 7 rings (SSSR count). The van der Waals surface area contributed by atoms with E-state index in [0.29, 0.717) is 12.8 Å². The molecule has 3 aliphatic heterocycles. The number of fused-ring (bicyclic) bond motifs is 9. The summed E-state index contributed by atoms with van der Waals surface area (Å²) >= 11 is 0. The molecule has 3 heterocycles. The lowest BCUT2D eigenvalue weighted by Gasteiger charge is -2.59. The van der Waals surface area contributed by atoms with E-state index in [9.17, 15) is 19.5 Å². The number of hydrogen-bond acceptors (Lipinski definition) is 7. The molecule has 4 unspecified atom stereocenters. The molecule has 0 bridgehead atoms. The molecule has 0 aromatic carbocycles. The number of aliphatic hydroxyl groups is 1. The number of epoxide rings is 2. The van der Waals surface area contributed by atoms with Gasteiger partial charge in [0.25, 0.3) is 0 Å². The average molecular weight is 485 g/mol. The summed E-state index contributed by atoms with van der Waals surface area (Å²) in [7, 11) is 0. The molecular weight excluding hydrogens is 448 g/mol. The largest absolute Gasteiger partial charge is 0.460 e. The first-order valence-corrected chi connectivity index (χ1v) is 13.4. The van der Waals surface area contributed by atoms with Gasteiger partial charge in [0.15, 0.2) is 11.4 Å². The third-order valence-electron chi connectivity index (χ3n) is 12.3. The summed E-state index contributed by atoms with van der Waals surface area (Å²) in [4.78, 5) is 40.0. The third kappa shape index (κ3) is 2.33. The van der Waals surface area contributed by atoms with Crippen LogP contribution in [0.1, 0.15) is 66.7 Å². The van der Waals surface area contributed by atoms with Crippen molar-refractivity contribution < 1.29 is 33.7 Å². The van der Waals surface area contributed by atoms with Crippen LogP contribution in [0, 0.1) is 40.4 Å². The van der Waals surface area contributed by atoms with Gasteiger partial charge in [-0.15, -0.1) is 0 Å². The number of carbonyl (C=O) groups excluding carboxylic acids is 3. The molecule has 1 N–H and O–H groups in total. The van der Waals surface area contributed by atoms with E-state index >= 15 is 0 Å². The van der Waals surface area contributed by atoms with Crippen molar-refractivity contribution in [3.05, 3.63) is 12.2 Å². The molecule has 7 heteroatoms. The molecule has 3 saturated heterocycles. The van der Waals surface area contributed by atoms with Gasteiger partial charge in [-0.25, -0.2) is 4.79 Å². The predicted octanol–water partition coefficient (Wildman–Crippen LogP) is 2.77. The van der Waals surface area contributed by atoms with Crippen LogP contribution in [0.5, 0.6) is 0 Å². The summed E-state index contributed by atoms with van der Waals surface area (Å²) in [6.45, 7) is 9.88. The minimum Gasteiger partial charge on any atom is -0.460 e. The van der Waals surface area contributed by atoms with Crippen molar-refractivity contribution in [1.82, 2.24) is 0 Å². The molecule has 0 aromatic heterocycles. The summed E-state index contributed by atoms with van der Waals surface area (Å²) in [6, 6.07) is 0. The number of cyclic esters (lactones) is 1. The minimum atomic E-state index is -1.24. The van der Waals surface area contributed by atoms with E-state index in [0.717, 1.165) is 12.8 Å². The molecule has 0 aromatic rings. The lowest BCUT2D eigenvalue weighted by molar-refractivity contribution is -0.185. The van der Waals surface area contributed by atoms with Gasteiger partial charge in [-0.2, -0.15) is 0 Å². The maximum absolute atomic E-state index is 14.1. The van der Waals surface area contributed by atoms with E-state index in [2.05, 4.69) is 13.8 Å². The maximum Gasteiger partial charge on any atom is 0.341 e. The summed E-state index contributed by atoms with van der Waals surface area (Å²) in [5.74, 6) is -0.149. The lowest BCUT2D eigenvalue weighted by atomic mass is 9.43. The number of esters is 1. The van der Waals surface area contributed by atoms with E-state index < -0.39 is 27.6 Å². The summed E-state index contributed by atoms with van der Waals surface area (Å²) in [5, 5.41) is 11.7. The Balaban J connectivity index is 1.22. The van der Waals surface area contributed by atoms with Gasteiger partial charge in [0.1, 0.15) is 29.2 Å². The Morgan fingerprint density at radius 2 is 1.83 bits per heavy atom. The lowest BCUT2D eigenvalue weighted by Crippen LogP contribution is -2.68. The van der Waals surface area contributed by atoms with Gasteiger partial charge in [0.05, 0.1) is 11.5 Å². The number of hydrogen-bond donors (Lipinski definition) is 1. The highest BCUT2D eigenvalue weighted by Crippen LogP contribution is 2.71. The van der Waals surface area contributed by atoms with Crippen molar-refractivity contribution in [3.8, 4) is 0 Å². The molecule has 6 fully saturated rings. The van der Waals surface area contributed by atoms with Crippen LogP contribution in [0.25, 0.3) is 0 Å². The summed E-state index contributed by atoms with van der Waals surface area (Å²) in [6.07, 6.45) is 5.71. The van der Waals surface area contributed by atoms with E-state index in [1.165, 1.54) is 0 Å². The highest BCUT2D eigenvalue weighted by atomic mass is 16.7. The number of Topliss-reactive ketones (excluding diaryl/α,β-unsaturated/α-hetero) is 1. The summed E-state index contributed by atoms with van der Waals surface area (Å²) in [5.41, 5.74) is -4.14. The van der Waals surface area contributed by atoms with Crippen LogP contribution in [0.15, 0.2) is 12.2 Å². The molecule has 0 spiro atoms. The highest BCUT2D eigenvalue weighted by Gasteiger charge is 2.79. The number of ether oxygens (including phenoxy) is 3. The van der Waals surface area contributed by atoms with Gasteiger partial charge in [-0.3, -0.25) is 9.59 Å². The molecule has 190 valence electrons.